The van der Waals surface area contributed by atoms with Crippen molar-refractivity contribution in [3.8, 4) is 0 Å². The van der Waals surface area contributed by atoms with E-state index in [1.165, 1.54) is 0 Å². The summed E-state index contributed by atoms with van der Waals surface area (Å²) in [6, 6.07) is 7.31. The third-order valence-corrected chi connectivity index (χ3v) is 3.97. The molecule has 7 heteroatoms. The Hall–Kier alpha value is -2.57. The quantitative estimate of drug-likeness (QED) is 0.536. The average Bonchev–Trinajstić information content (AvgIpc) is 2.61. The van der Waals surface area contributed by atoms with Gasteiger partial charge in [-0.15, -0.1) is 0 Å². The zero-order chi connectivity index (χ0) is 18.1. The summed E-state index contributed by atoms with van der Waals surface area (Å²) in [7, 11) is 0. The van der Waals surface area contributed by atoms with Gasteiger partial charge in [0.1, 0.15) is 0 Å². The second kappa shape index (κ2) is 9.66. The zero-order valence-electron chi connectivity index (χ0n) is 14.5. The fourth-order valence-corrected chi connectivity index (χ4v) is 2.50. The number of carbonyl (C=O) groups is 2. The van der Waals surface area contributed by atoms with Gasteiger partial charge in [0.25, 0.3) is 0 Å². The molecule has 0 fully saturated rings. The van der Waals surface area contributed by atoms with E-state index in [4.69, 9.17) is 5.11 Å². The van der Waals surface area contributed by atoms with Crippen LogP contribution in [0.5, 0.6) is 0 Å². The van der Waals surface area contributed by atoms with Crippen molar-refractivity contribution in [1.82, 2.24) is 10.6 Å². The molecule has 1 aromatic carbocycles. The lowest BCUT2D eigenvalue weighted by Gasteiger charge is -2.15. The number of hydrogen-bond donors (Lipinski definition) is 4. The number of nitrogens with one attached hydrogen (secondary N) is 3. The molecule has 1 atom stereocenters. The van der Waals surface area contributed by atoms with Crippen LogP contribution in [0.25, 0.3) is 0 Å². The number of amides is 1. The van der Waals surface area contributed by atoms with Crippen LogP contribution >= 0.6 is 0 Å². The maximum Gasteiger partial charge on any atom is 0.306 e. The fraction of sp³-hybridized carbons (Fsp3) is 0.500. The molecule has 1 unspecified atom stereocenters. The normalized spacial score (nSPS) is 14.8. The number of carbonyl (C=O) groups excluding carboxylic acids is 1. The Bertz CT molecular complexity index is 613. The number of hydrogen-bond acceptors (Lipinski definition) is 5. The van der Waals surface area contributed by atoms with Crippen molar-refractivity contribution in [1.29, 1.82) is 0 Å². The lowest BCUT2D eigenvalue weighted by molar-refractivity contribution is -0.141. The lowest BCUT2D eigenvalue weighted by atomic mass is 10.0. The van der Waals surface area contributed by atoms with Crippen LogP contribution in [0.3, 0.4) is 0 Å². The highest BCUT2D eigenvalue weighted by Gasteiger charge is 2.11. The van der Waals surface area contributed by atoms with E-state index < -0.39 is 11.9 Å². The minimum Gasteiger partial charge on any atom is -0.481 e. The van der Waals surface area contributed by atoms with Crippen molar-refractivity contribution < 1.29 is 14.7 Å². The summed E-state index contributed by atoms with van der Waals surface area (Å²) >= 11 is 0. The molecule has 4 N–H and O–H groups in total. The number of anilines is 1. The molecule has 1 aromatic rings. The topological polar surface area (TPSA) is 103 Å². The van der Waals surface area contributed by atoms with Crippen LogP contribution in [0.2, 0.25) is 0 Å². The molecule has 0 bridgehead atoms. The maximum absolute atomic E-state index is 12.0. The van der Waals surface area contributed by atoms with Crippen LogP contribution in [-0.2, 0) is 16.0 Å². The smallest absolute Gasteiger partial charge is 0.306 e. The van der Waals surface area contributed by atoms with E-state index in [0.717, 1.165) is 43.1 Å². The summed E-state index contributed by atoms with van der Waals surface area (Å²) in [4.78, 5) is 27.1. The molecule has 0 aliphatic carbocycles. The first-order chi connectivity index (χ1) is 12.0. The van der Waals surface area contributed by atoms with Gasteiger partial charge in [-0.05, 0) is 37.0 Å². The Morgan fingerprint density at radius 2 is 2.08 bits per heavy atom. The van der Waals surface area contributed by atoms with Crippen molar-refractivity contribution in [2.45, 2.75) is 32.6 Å². The summed E-state index contributed by atoms with van der Waals surface area (Å²) in [6.07, 6.45) is 2.69. The van der Waals surface area contributed by atoms with Crippen LogP contribution in [-0.4, -0.2) is 42.6 Å². The molecule has 0 radical (unpaired) electrons. The molecule has 1 heterocycles. The summed E-state index contributed by atoms with van der Waals surface area (Å²) in [5.41, 5.74) is 1.67. The highest BCUT2D eigenvalue weighted by atomic mass is 16.4. The second-order valence-corrected chi connectivity index (χ2v) is 6.23. The van der Waals surface area contributed by atoms with Gasteiger partial charge < -0.3 is 21.1 Å². The minimum atomic E-state index is -0.805. The van der Waals surface area contributed by atoms with Crippen LogP contribution in [0.1, 0.15) is 31.7 Å². The van der Waals surface area contributed by atoms with Gasteiger partial charge in [0, 0.05) is 31.7 Å². The van der Waals surface area contributed by atoms with E-state index in [1.807, 2.05) is 12.1 Å². The molecule has 1 aliphatic rings. The molecule has 7 nitrogen and oxygen atoms in total. The first-order valence-corrected chi connectivity index (χ1v) is 8.68. The molecular formula is C18H26N4O3. The van der Waals surface area contributed by atoms with Crippen molar-refractivity contribution >= 4 is 23.5 Å². The summed E-state index contributed by atoms with van der Waals surface area (Å²) in [5, 5.41) is 18.1. The third kappa shape index (κ3) is 6.82. The molecular weight excluding hydrogens is 320 g/mol. The van der Waals surface area contributed by atoms with Crippen molar-refractivity contribution in [3.05, 3.63) is 29.8 Å². The Labute approximate surface area is 147 Å². The van der Waals surface area contributed by atoms with E-state index in [9.17, 15) is 9.59 Å². The SMILES string of the molecule is CC(Cc1ccc(NC(=O)CCCNC2=NCCCN2)cc1)C(=O)O. The van der Waals surface area contributed by atoms with E-state index in [1.54, 1.807) is 19.1 Å². The van der Waals surface area contributed by atoms with Gasteiger partial charge in [-0.3, -0.25) is 14.6 Å². The van der Waals surface area contributed by atoms with Gasteiger partial charge in [0.2, 0.25) is 5.91 Å². The molecule has 0 aromatic heterocycles. The molecule has 2 rings (SSSR count). The number of aliphatic carboxylic acids is 1. The van der Waals surface area contributed by atoms with Gasteiger partial charge in [0.05, 0.1) is 5.92 Å². The Morgan fingerprint density at radius 1 is 1.32 bits per heavy atom. The molecule has 25 heavy (non-hydrogen) atoms. The molecule has 1 amide bonds. The van der Waals surface area contributed by atoms with Gasteiger partial charge in [-0.2, -0.15) is 0 Å². The molecule has 1 aliphatic heterocycles. The first-order valence-electron chi connectivity index (χ1n) is 8.68. The van der Waals surface area contributed by atoms with E-state index in [2.05, 4.69) is 20.9 Å². The number of aliphatic imine (C=N–C) groups is 1. The predicted molar refractivity (Wildman–Crippen MR) is 97.7 cm³/mol. The Morgan fingerprint density at radius 3 is 2.72 bits per heavy atom. The second-order valence-electron chi connectivity index (χ2n) is 6.23. The van der Waals surface area contributed by atoms with Crippen molar-refractivity contribution in [2.24, 2.45) is 10.9 Å². The van der Waals surface area contributed by atoms with E-state index in [0.29, 0.717) is 19.4 Å². The predicted octanol–water partition coefficient (Wildman–Crippen LogP) is 1.61. The maximum atomic E-state index is 12.0. The van der Waals surface area contributed by atoms with Crippen LogP contribution in [0.4, 0.5) is 5.69 Å². The number of carboxylic acids is 1. The highest BCUT2D eigenvalue weighted by molar-refractivity contribution is 5.90. The fourth-order valence-electron chi connectivity index (χ4n) is 2.50. The third-order valence-electron chi connectivity index (χ3n) is 3.97. The van der Waals surface area contributed by atoms with E-state index in [-0.39, 0.29) is 5.91 Å². The van der Waals surface area contributed by atoms with Gasteiger partial charge in [0.15, 0.2) is 5.96 Å². The van der Waals surface area contributed by atoms with Gasteiger partial charge in [-0.1, -0.05) is 19.1 Å². The largest absolute Gasteiger partial charge is 0.481 e. The highest BCUT2D eigenvalue weighted by Crippen LogP contribution is 2.14. The van der Waals surface area contributed by atoms with Crippen LogP contribution in [0.15, 0.2) is 29.3 Å². The zero-order valence-corrected chi connectivity index (χ0v) is 14.5. The average molecular weight is 346 g/mol. The number of carboxylic acid groups (broad SMARTS) is 1. The number of guanidine groups is 1. The molecule has 136 valence electrons. The minimum absolute atomic E-state index is 0.0352. The van der Waals surface area contributed by atoms with Crippen LogP contribution in [0, 0.1) is 5.92 Å². The number of benzene rings is 1. The number of rotatable bonds is 8. The van der Waals surface area contributed by atoms with Crippen molar-refractivity contribution in [2.75, 3.05) is 25.0 Å². The van der Waals surface area contributed by atoms with Crippen LogP contribution < -0.4 is 16.0 Å². The molecule has 0 saturated carbocycles. The summed E-state index contributed by atoms with van der Waals surface area (Å²) < 4.78 is 0. The van der Waals surface area contributed by atoms with Gasteiger partial charge in [-0.25, -0.2) is 0 Å². The monoisotopic (exact) mass is 346 g/mol. The van der Waals surface area contributed by atoms with Crippen molar-refractivity contribution in [3.63, 3.8) is 0 Å². The summed E-state index contributed by atoms with van der Waals surface area (Å²) in [6.45, 7) is 4.16. The van der Waals surface area contributed by atoms with E-state index >= 15 is 0 Å². The number of nitrogens with zero attached hydrogens (tertiary/aromatic N) is 1. The van der Waals surface area contributed by atoms with Gasteiger partial charge >= 0.3 is 5.97 Å². The molecule has 0 saturated heterocycles. The lowest BCUT2D eigenvalue weighted by Crippen LogP contribution is -2.41. The molecule has 0 spiro atoms. The Kier molecular flexibility index (Phi) is 7.25. The standard InChI is InChI=1S/C18H26N4O3/c1-13(17(24)25)12-14-5-7-15(8-6-14)22-16(23)4-2-9-19-18-20-10-3-11-21-18/h5-8,13H,2-4,9-12H2,1H3,(H,22,23)(H,24,25)(H2,19,20,21). The summed E-state index contributed by atoms with van der Waals surface area (Å²) in [5.74, 6) is -0.443. The first kappa shape index (κ1) is 18.8. The Balaban J connectivity index is 1.67.